The number of aromatic nitrogens is 1. The molecule has 45 heavy (non-hydrogen) atoms. The van der Waals surface area contributed by atoms with Crippen LogP contribution in [0.25, 0.3) is 11.6 Å². The molecule has 0 bridgehead atoms. The molecule has 2 fully saturated rings. The lowest BCUT2D eigenvalue weighted by Crippen LogP contribution is -2.43. The summed E-state index contributed by atoms with van der Waals surface area (Å²) in [6.45, 7) is 6.86. The fourth-order valence-electron chi connectivity index (χ4n) is 6.70. The summed E-state index contributed by atoms with van der Waals surface area (Å²) < 4.78 is 26.8. The van der Waals surface area contributed by atoms with E-state index in [0.29, 0.717) is 34.6 Å². The number of fused-ring (bicyclic) bond motifs is 1. The summed E-state index contributed by atoms with van der Waals surface area (Å²) in [5.41, 5.74) is 4.93. The summed E-state index contributed by atoms with van der Waals surface area (Å²) in [6, 6.07) is 9.54. The minimum atomic E-state index is -3.84. The van der Waals surface area contributed by atoms with Crippen molar-refractivity contribution in [3.8, 4) is 0 Å². The van der Waals surface area contributed by atoms with Crippen molar-refractivity contribution in [1.82, 2.24) is 14.8 Å². The van der Waals surface area contributed by atoms with Crippen LogP contribution in [0.4, 0.5) is 5.69 Å². The molecule has 12 heteroatoms. The average molecular weight is 672 g/mol. The van der Waals surface area contributed by atoms with Crippen molar-refractivity contribution in [1.29, 1.82) is 0 Å². The van der Waals surface area contributed by atoms with Crippen LogP contribution in [-0.4, -0.2) is 78.4 Å². The van der Waals surface area contributed by atoms with Gasteiger partial charge < -0.3 is 20.3 Å². The SMILES string of the molecule is Cc1[nH]c(/C=C2\C(=O)Nc3ccc(S(=O)(=O)Cc4c(Cl)cccc4Cl)cc32)c(C)c1CC(=O)N1CCC[C@@H]1CN1CC[C@@H](O)C1. The van der Waals surface area contributed by atoms with Crippen LogP contribution in [0.15, 0.2) is 41.3 Å². The van der Waals surface area contributed by atoms with Gasteiger partial charge in [0.15, 0.2) is 9.84 Å². The van der Waals surface area contributed by atoms with E-state index in [1.54, 1.807) is 30.3 Å². The lowest BCUT2D eigenvalue weighted by Gasteiger charge is -2.28. The predicted molar refractivity (Wildman–Crippen MR) is 176 cm³/mol. The van der Waals surface area contributed by atoms with Crippen molar-refractivity contribution < 1.29 is 23.1 Å². The molecule has 3 aromatic rings. The van der Waals surface area contributed by atoms with Crippen LogP contribution >= 0.6 is 23.2 Å². The number of carbonyl (C=O) groups excluding carboxylic acids is 2. The monoisotopic (exact) mass is 670 g/mol. The van der Waals surface area contributed by atoms with Crippen molar-refractivity contribution >= 4 is 62.2 Å². The maximum atomic E-state index is 13.5. The summed E-state index contributed by atoms with van der Waals surface area (Å²) in [5.74, 6) is -0.654. The Bertz CT molecular complexity index is 1800. The molecule has 0 aliphatic carbocycles. The van der Waals surface area contributed by atoms with Gasteiger partial charge in [-0.2, -0.15) is 0 Å². The number of nitrogens with one attached hydrogen (secondary N) is 2. The second kappa shape index (κ2) is 12.6. The Morgan fingerprint density at radius 3 is 2.56 bits per heavy atom. The molecule has 4 heterocycles. The molecule has 2 saturated heterocycles. The highest BCUT2D eigenvalue weighted by Gasteiger charge is 2.33. The average Bonchev–Trinajstić information content (AvgIpc) is 3.75. The largest absolute Gasteiger partial charge is 0.392 e. The third-order valence-corrected chi connectivity index (χ3v) is 11.5. The van der Waals surface area contributed by atoms with E-state index in [0.717, 1.165) is 55.7 Å². The zero-order valence-corrected chi connectivity index (χ0v) is 27.5. The van der Waals surface area contributed by atoms with Crippen LogP contribution in [-0.2, 0) is 31.6 Å². The number of β-amino-alcohol motifs (C(OH)–C–C–N with tert-alkyl or cyclic N) is 1. The van der Waals surface area contributed by atoms with Gasteiger partial charge in [0.2, 0.25) is 5.91 Å². The smallest absolute Gasteiger partial charge is 0.256 e. The second-order valence-corrected chi connectivity index (χ2v) is 15.0. The molecule has 1 aromatic heterocycles. The number of H-pyrrole nitrogens is 1. The number of likely N-dealkylation sites (tertiary alicyclic amines) is 2. The van der Waals surface area contributed by atoms with Gasteiger partial charge in [0.25, 0.3) is 5.91 Å². The van der Waals surface area contributed by atoms with Gasteiger partial charge in [-0.05, 0) is 80.6 Å². The summed E-state index contributed by atoms with van der Waals surface area (Å²) in [7, 11) is -3.84. The minimum absolute atomic E-state index is 0.0499. The Morgan fingerprint density at radius 1 is 1.09 bits per heavy atom. The highest BCUT2D eigenvalue weighted by Crippen LogP contribution is 2.37. The van der Waals surface area contributed by atoms with E-state index < -0.39 is 9.84 Å². The molecule has 0 radical (unpaired) electrons. The van der Waals surface area contributed by atoms with Crippen LogP contribution in [0.5, 0.6) is 0 Å². The van der Waals surface area contributed by atoms with Gasteiger partial charge in [0, 0.05) is 70.5 Å². The summed E-state index contributed by atoms with van der Waals surface area (Å²) in [4.78, 5) is 34.2. The zero-order chi connectivity index (χ0) is 32.0. The van der Waals surface area contributed by atoms with Gasteiger partial charge in [-0.3, -0.25) is 14.5 Å². The van der Waals surface area contributed by atoms with Crippen molar-refractivity contribution in [3.63, 3.8) is 0 Å². The molecule has 2 atom stereocenters. The summed E-state index contributed by atoms with van der Waals surface area (Å²) in [5, 5.41) is 13.3. The first kappa shape index (κ1) is 31.8. The molecule has 3 N–H and O–H groups in total. The molecule has 9 nitrogen and oxygen atoms in total. The standard InChI is InChI=1S/C33H36Cl2N4O5S/c1-19-24(15-32(41)39-11-4-5-21(39)16-38-12-10-22(40)17-38)20(2)36-31(19)14-26-25-13-23(8-9-30(25)37-33(26)42)45(43,44)18-27-28(34)6-3-7-29(27)35/h3,6-9,13-14,21-22,36,40H,4-5,10-12,15-18H2,1-2H3,(H,37,42)/b26-14-/t21-,22-/m1/s1. The van der Waals surface area contributed by atoms with Gasteiger partial charge in [0.1, 0.15) is 0 Å². The second-order valence-electron chi connectivity index (χ2n) is 12.2. The molecular weight excluding hydrogens is 635 g/mol. The lowest BCUT2D eigenvalue weighted by molar-refractivity contribution is -0.131. The number of aliphatic hydroxyl groups excluding tert-OH is 1. The number of hydrogen-bond donors (Lipinski definition) is 3. The van der Waals surface area contributed by atoms with Gasteiger partial charge in [-0.25, -0.2) is 8.42 Å². The molecule has 238 valence electrons. The first-order chi connectivity index (χ1) is 21.4. The number of amides is 2. The van der Waals surface area contributed by atoms with Crippen LogP contribution in [0.3, 0.4) is 0 Å². The van der Waals surface area contributed by atoms with Crippen molar-refractivity contribution in [3.05, 3.63) is 80.1 Å². The third kappa shape index (κ3) is 6.44. The Morgan fingerprint density at radius 2 is 1.84 bits per heavy atom. The number of aliphatic hydroxyl groups is 1. The van der Waals surface area contributed by atoms with Crippen molar-refractivity contribution in [2.24, 2.45) is 0 Å². The first-order valence-electron chi connectivity index (χ1n) is 15.1. The van der Waals surface area contributed by atoms with Crippen LogP contribution < -0.4 is 5.32 Å². The number of hydrogen-bond acceptors (Lipinski definition) is 6. The summed E-state index contributed by atoms with van der Waals surface area (Å²) >= 11 is 12.5. The quantitative estimate of drug-likeness (QED) is 0.290. The third-order valence-electron chi connectivity index (χ3n) is 9.19. The van der Waals surface area contributed by atoms with Crippen molar-refractivity contribution in [2.75, 3.05) is 31.5 Å². The van der Waals surface area contributed by atoms with E-state index in [9.17, 15) is 23.1 Å². The Balaban J connectivity index is 1.23. The molecule has 0 spiro atoms. The van der Waals surface area contributed by atoms with Gasteiger partial charge in [-0.1, -0.05) is 29.3 Å². The van der Waals surface area contributed by atoms with Crippen LogP contribution in [0.2, 0.25) is 10.0 Å². The minimum Gasteiger partial charge on any atom is -0.392 e. The number of anilines is 1. The maximum Gasteiger partial charge on any atom is 0.256 e. The number of rotatable bonds is 8. The molecule has 2 aromatic carbocycles. The lowest BCUT2D eigenvalue weighted by atomic mass is 10.0. The van der Waals surface area contributed by atoms with E-state index in [4.69, 9.17) is 23.2 Å². The van der Waals surface area contributed by atoms with E-state index in [-0.39, 0.29) is 51.1 Å². The molecule has 0 saturated carbocycles. The van der Waals surface area contributed by atoms with Gasteiger partial charge in [-0.15, -0.1) is 0 Å². The Kier molecular flexibility index (Phi) is 8.88. The summed E-state index contributed by atoms with van der Waals surface area (Å²) in [6.07, 6.45) is 4.37. The van der Waals surface area contributed by atoms with Crippen LogP contribution in [0.1, 0.15) is 52.9 Å². The number of halogens is 2. The van der Waals surface area contributed by atoms with Gasteiger partial charge >= 0.3 is 0 Å². The molecule has 6 rings (SSSR count). The molecule has 3 aliphatic rings. The zero-order valence-electron chi connectivity index (χ0n) is 25.2. The van der Waals surface area contributed by atoms with Gasteiger partial charge in [0.05, 0.1) is 28.7 Å². The van der Waals surface area contributed by atoms with E-state index >= 15 is 0 Å². The highest BCUT2D eigenvalue weighted by molar-refractivity contribution is 7.90. The molecule has 2 amide bonds. The molecule has 0 unspecified atom stereocenters. The molecular formula is C33H36Cl2N4O5S. The number of aromatic amines is 1. The maximum absolute atomic E-state index is 13.5. The topological polar surface area (TPSA) is 123 Å². The number of carbonyl (C=O) groups is 2. The predicted octanol–water partition coefficient (Wildman–Crippen LogP) is 5.01. The normalized spacial score (nSPS) is 21.1. The fraction of sp³-hybridized carbons (Fsp3) is 0.394. The van der Waals surface area contributed by atoms with Crippen LogP contribution in [0, 0.1) is 13.8 Å². The van der Waals surface area contributed by atoms with E-state index in [1.165, 1.54) is 12.1 Å². The van der Waals surface area contributed by atoms with Crippen molar-refractivity contribution in [2.45, 2.75) is 62.3 Å². The number of sulfone groups is 1. The fourth-order valence-corrected chi connectivity index (χ4v) is 8.82. The Labute approximate surface area is 273 Å². The van der Waals surface area contributed by atoms with E-state index in [2.05, 4.69) is 15.2 Å². The van der Waals surface area contributed by atoms with E-state index in [1.807, 2.05) is 18.7 Å². The molecule has 3 aliphatic heterocycles. The highest BCUT2D eigenvalue weighted by atomic mass is 35.5. The first-order valence-corrected chi connectivity index (χ1v) is 17.5. The number of nitrogens with zero attached hydrogens (tertiary/aromatic N) is 2. The number of benzene rings is 2. The number of aryl methyl sites for hydroxylation is 1. The Hall–Kier alpha value is -3.15.